The normalized spacial score (nSPS) is 16.1. The van der Waals surface area contributed by atoms with Gasteiger partial charge in [-0.2, -0.15) is 13.2 Å². The van der Waals surface area contributed by atoms with Gasteiger partial charge in [-0.3, -0.25) is 0 Å². The molecule has 0 unspecified atom stereocenters. The summed E-state index contributed by atoms with van der Waals surface area (Å²) in [5, 5.41) is 11.0. The van der Waals surface area contributed by atoms with Crippen molar-refractivity contribution in [3.8, 4) is 5.75 Å². The number of nitrogens with one attached hydrogen (secondary N) is 1. The molecule has 0 aromatic heterocycles. The summed E-state index contributed by atoms with van der Waals surface area (Å²) in [6.45, 7) is 1.66. The third-order valence-electron chi connectivity index (χ3n) is 3.13. The van der Waals surface area contributed by atoms with Gasteiger partial charge in [0.1, 0.15) is 11.4 Å². The fraction of sp³-hybridized carbons (Fsp3) is 0.462. The van der Waals surface area contributed by atoms with Gasteiger partial charge in [-0.15, -0.1) is 0 Å². The molecule has 0 saturated carbocycles. The van der Waals surface area contributed by atoms with Crippen molar-refractivity contribution in [2.24, 2.45) is 0 Å². The Bertz CT molecular complexity index is 527. The zero-order valence-electron chi connectivity index (χ0n) is 11.8. The van der Waals surface area contributed by atoms with Crippen LogP contribution in [0.5, 0.6) is 5.75 Å². The fourth-order valence-corrected chi connectivity index (χ4v) is 1.96. The molecule has 1 aliphatic rings. The summed E-state index contributed by atoms with van der Waals surface area (Å²) in [5.41, 5.74) is 0.891. The van der Waals surface area contributed by atoms with E-state index in [1.165, 1.54) is 0 Å². The first-order valence-electron chi connectivity index (χ1n) is 6.06. The van der Waals surface area contributed by atoms with E-state index in [4.69, 9.17) is 31.0 Å². The number of carboxylic acid groups (broad SMARTS) is 1. The average Bonchev–Trinajstić information content (AvgIpc) is 2.39. The molecule has 2 rings (SSSR count). The second kappa shape index (κ2) is 7.17. The van der Waals surface area contributed by atoms with Crippen LogP contribution >= 0.6 is 11.6 Å². The fourth-order valence-electron chi connectivity index (χ4n) is 1.76. The third-order valence-corrected chi connectivity index (χ3v) is 3.44. The molecule has 2 N–H and O–H groups in total. The van der Waals surface area contributed by atoms with Crippen LogP contribution in [0, 0.1) is 0 Å². The van der Waals surface area contributed by atoms with Crippen molar-refractivity contribution in [1.82, 2.24) is 5.32 Å². The monoisotopic (exact) mass is 341 g/mol. The molecule has 0 bridgehead atoms. The van der Waals surface area contributed by atoms with Crippen molar-refractivity contribution in [3.63, 3.8) is 0 Å². The number of ether oxygens (including phenoxy) is 2. The van der Waals surface area contributed by atoms with Gasteiger partial charge in [0.15, 0.2) is 0 Å². The van der Waals surface area contributed by atoms with E-state index < -0.39 is 12.1 Å². The topological polar surface area (TPSA) is 67.8 Å². The number of carbonyl (C=O) groups is 1. The van der Waals surface area contributed by atoms with Crippen molar-refractivity contribution >= 4 is 17.6 Å². The standard InChI is InChI=1S/C11H14ClNO2.C2HF3O2/c1-14-10-5-8(3-4-9(10)12)11(15-2)6-13-7-11;3-2(4,5)1(6)7/h3-5,13H,6-7H2,1-2H3;(H,6,7). The number of methoxy groups -OCH3 is 2. The molecule has 0 amide bonds. The van der Waals surface area contributed by atoms with E-state index >= 15 is 0 Å². The predicted molar refractivity (Wildman–Crippen MR) is 73.3 cm³/mol. The first-order valence-corrected chi connectivity index (χ1v) is 6.44. The van der Waals surface area contributed by atoms with Crippen LogP contribution in [0.3, 0.4) is 0 Å². The summed E-state index contributed by atoms with van der Waals surface area (Å²) in [5.74, 6) is -2.06. The highest BCUT2D eigenvalue weighted by molar-refractivity contribution is 6.32. The van der Waals surface area contributed by atoms with Crippen LogP contribution in [0.15, 0.2) is 18.2 Å². The molecule has 1 aromatic rings. The molecule has 1 aliphatic heterocycles. The molecule has 9 heteroatoms. The molecule has 1 aromatic carbocycles. The van der Waals surface area contributed by atoms with Gasteiger partial charge in [0, 0.05) is 20.2 Å². The maximum atomic E-state index is 10.6. The van der Waals surface area contributed by atoms with Crippen molar-refractivity contribution in [1.29, 1.82) is 0 Å². The Morgan fingerprint density at radius 2 is 1.91 bits per heavy atom. The lowest BCUT2D eigenvalue weighted by molar-refractivity contribution is -0.192. The minimum Gasteiger partial charge on any atom is -0.495 e. The summed E-state index contributed by atoms with van der Waals surface area (Å²) in [4.78, 5) is 8.90. The van der Waals surface area contributed by atoms with Gasteiger partial charge in [0.2, 0.25) is 0 Å². The van der Waals surface area contributed by atoms with Crippen LogP contribution in [0.1, 0.15) is 5.56 Å². The molecule has 5 nitrogen and oxygen atoms in total. The lowest BCUT2D eigenvalue weighted by Crippen LogP contribution is -2.57. The van der Waals surface area contributed by atoms with Crippen LogP contribution in [0.25, 0.3) is 0 Å². The summed E-state index contributed by atoms with van der Waals surface area (Å²) < 4.78 is 42.5. The van der Waals surface area contributed by atoms with Crippen molar-refractivity contribution in [2.75, 3.05) is 27.3 Å². The Morgan fingerprint density at radius 1 is 1.36 bits per heavy atom. The lowest BCUT2D eigenvalue weighted by Gasteiger charge is -2.41. The van der Waals surface area contributed by atoms with Gasteiger partial charge in [0.05, 0.1) is 12.1 Å². The van der Waals surface area contributed by atoms with E-state index in [0.717, 1.165) is 18.7 Å². The Hall–Kier alpha value is -1.51. The summed E-state index contributed by atoms with van der Waals surface area (Å²) >= 11 is 5.97. The minimum absolute atomic E-state index is 0.210. The van der Waals surface area contributed by atoms with E-state index in [1.54, 1.807) is 14.2 Å². The van der Waals surface area contributed by atoms with E-state index in [9.17, 15) is 13.2 Å². The van der Waals surface area contributed by atoms with E-state index in [2.05, 4.69) is 5.32 Å². The zero-order chi connectivity index (χ0) is 17.0. The molecular weight excluding hydrogens is 327 g/mol. The molecule has 0 aliphatic carbocycles. The molecule has 0 atom stereocenters. The summed E-state index contributed by atoms with van der Waals surface area (Å²) in [7, 11) is 3.34. The highest BCUT2D eigenvalue weighted by atomic mass is 35.5. The number of hydrogen-bond acceptors (Lipinski definition) is 4. The number of alkyl halides is 3. The van der Waals surface area contributed by atoms with E-state index in [1.807, 2.05) is 18.2 Å². The Balaban J connectivity index is 0.000000295. The first kappa shape index (κ1) is 18.5. The second-order valence-electron chi connectivity index (χ2n) is 4.45. The number of halogens is 4. The largest absolute Gasteiger partial charge is 0.495 e. The zero-order valence-corrected chi connectivity index (χ0v) is 12.6. The minimum atomic E-state index is -5.08. The van der Waals surface area contributed by atoms with E-state index in [0.29, 0.717) is 10.8 Å². The van der Waals surface area contributed by atoms with E-state index in [-0.39, 0.29) is 5.60 Å². The molecule has 0 radical (unpaired) electrons. The number of benzene rings is 1. The number of carboxylic acids is 1. The summed E-state index contributed by atoms with van der Waals surface area (Å²) in [6, 6.07) is 5.76. The Labute approximate surface area is 130 Å². The van der Waals surface area contributed by atoms with Gasteiger partial charge in [-0.1, -0.05) is 17.7 Å². The molecule has 22 heavy (non-hydrogen) atoms. The van der Waals surface area contributed by atoms with Crippen molar-refractivity contribution in [2.45, 2.75) is 11.8 Å². The van der Waals surface area contributed by atoms with Gasteiger partial charge < -0.3 is 19.9 Å². The Kier molecular flexibility index (Phi) is 6.04. The van der Waals surface area contributed by atoms with Crippen LogP contribution in [-0.4, -0.2) is 44.6 Å². The maximum Gasteiger partial charge on any atom is 0.490 e. The number of hydrogen-bond donors (Lipinski definition) is 2. The second-order valence-corrected chi connectivity index (χ2v) is 4.86. The summed E-state index contributed by atoms with van der Waals surface area (Å²) in [6.07, 6.45) is -5.08. The lowest BCUT2D eigenvalue weighted by atomic mass is 9.88. The number of aliphatic carboxylic acids is 1. The molecule has 124 valence electrons. The number of rotatable bonds is 3. The first-order chi connectivity index (χ1) is 10.2. The highest BCUT2D eigenvalue weighted by Gasteiger charge is 2.39. The molecule has 1 saturated heterocycles. The van der Waals surface area contributed by atoms with Crippen LogP contribution in [0.4, 0.5) is 13.2 Å². The molecule has 0 spiro atoms. The Morgan fingerprint density at radius 3 is 2.23 bits per heavy atom. The van der Waals surface area contributed by atoms with Crippen LogP contribution in [-0.2, 0) is 15.1 Å². The third kappa shape index (κ3) is 4.25. The van der Waals surface area contributed by atoms with Crippen LogP contribution in [0.2, 0.25) is 5.02 Å². The van der Waals surface area contributed by atoms with Gasteiger partial charge >= 0.3 is 12.1 Å². The van der Waals surface area contributed by atoms with Gasteiger partial charge in [-0.05, 0) is 17.7 Å². The van der Waals surface area contributed by atoms with Crippen LogP contribution < -0.4 is 10.1 Å². The quantitative estimate of drug-likeness (QED) is 0.884. The smallest absolute Gasteiger partial charge is 0.490 e. The molecule has 1 heterocycles. The van der Waals surface area contributed by atoms with Gasteiger partial charge in [0.25, 0.3) is 0 Å². The SMILES string of the molecule is COc1cc(C2(OC)CNC2)ccc1Cl.O=C(O)C(F)(F)F. The highest BCUT2D eigenvalue weighted by Crippen LogP contribution is 2.34. The molecule has 1 fully saturated rings. The maximum absolute atomic E-state index is 10.6. The molecular formula is C13H15ClF3NO4. The van der Waals surface area contributed by atoms with Crippen molar-refractivity contribution < 1.29 is 32.5 Å². The van der Waals surface area contributed by atoms with Crippen molar-refractivity contribution in [3.05, 3.63) is 28.8 Å². The predicted octanol–water partition coefficient (Wildman–Crippen LogP) is 2.43. The van der Waals surface area contributed by atoms with Gasteiger partial charge in [-0.25, -0.2) is 4.79 Å². The average molecular weight is 342 g/mol.